The van der Waals surface area contributed by atoms with Crippen LogP contribution in [0.4, 0.5) is 5.69 Å². The zero-order valence-corrected chi connectivity index (χ0v) is 14.8. The van der Waals surface area contributed by atoms with Crippen molar-refractivity contribution in [3.05, 3.63) is 59.1 Å². The van der Waals surface area contributed by atoms with Crippen molar-refractivity contribution in [2.24, 2.45) is 0 Å². The van der Waals surface area contributed by atoms with Crippen molar-refractivity contribution in [1.29, 1.82) is 0 Å². The van der Waals surface area contributed by atoms with Crippen LogP contribution in [-0.4, -0.2) is 31.0 Å². The first-order chi connectivity index (χ1) is 11.6. The maximum Gasteiger partial charge on any atom is 0.225 e. The molecule has 0 atom stereocenters. The summed E-state index contributed by atoms with van der Waals surface area (Å²) >= 11 is 5.98. The highest BCUT2D eigenvalue weighted by molar-refractivity contribution is 6.31. The molecule has 0 bridgehead atoms. The Balaban J connectivity index is 1.89. The van der Waals surface area contributed by atoms with Crippen LogP contribution in [-0.2, 0) is 11.3 Å². The van der Waals surface area contributed by atoms with Crippen LogP contribution in [0.5, 0.6) is 5.75 Å². The molecule has 1 N–H and O–H groups in total. The maximum atomic E-state index is 12.2. The van der Waals surface area contributed by atoms with Crippen LogP contribution < -0.4 is 10.1 Å². The Kier molecular flexibility index (Phi) is 7.09. The number of hydrogen-bond acceptors (Lipinski definition) is 3. The summed E-state index contributed by atoms with van der Waals surface area (Å²) in [5, 5.41) is 3.43. The van der Waals surface area contributed by atoms with Gasteiger partial charge in [-0.25, -0.2) is 0 Å². The van der Waals surface area contributed by atoms with Gasteiger partial charge in [-0.15, -0.1) is 0 Å². The molecule has 0 saturated carbocycles. The summed E-state index contributed by atoms with van der Waals surface area (Å²) < 4.78 is 5.24. The number of rotatable bonds is 8. The third-order valence-corrected chi connectivity index (χ3v) is 4.02. The van der Waals surface area contributed by atoms with E-state index in [0.29, 0.717) is 29.4 Å². The number of methoxy groups -OCH3 is 1. The average molecular weight is 347 g/mol. The third-order valence-electron chi connectivity index (χ3n) is 3.79. The fourth-order valence-corrected chi connectivity index (χ4v) is 2.61. The van der Waals surface area contributed by atoms with E-state index in [1.165, 1.54) is 5.56 Å². The molecule has 24 heavy (non-hydrogen) atoms. The normalized spacial score (nSPS) is 10.7. The Labute approximate surface area is 148 Å². The Bertz CT molecular complexity index is 662. The summed E-state index contributed by atoms with van der Waals surface area (Å²) in [7, 11) is 1.57. The number of hydrogen-bond donors (Lipinski definition) is 1. The lowest BCUT2D eigenvalue weighted by Gasteiger charge is -2.20. The maximum absolute atomic E-state index is 12.2. The number of nitrogens with zero attached hydrogens (tertiary/aromatic N) is 1. The highest BCUT2D eigenvalue weighted by Gasteiger charge is 2.11. The van der Waals surface area contributed by atoms with Gasteiger partial charge in [0.1, 0.15) is 5.75 Å². The molecule has 2 rings (SSSR count). The van der Waals surface area contributed by atoms with E-state index in [1.54, 1.807) is 25.3 Å². The number of carbonyl (C=O) groups excluding carboxylic acids is 1. The van der Waals surface area contributed by atoms with E-state index >= 15 is 0 Å². The molecule has 0 aliphatic carbocycles. The minimum Gasteiger partial charge on any atom is -0.495 e. The van der Waals surface area contributed by atoms with Crippen LogP contribution in [0.15, 0.2) is 48.5 Å². The van der Waals surface area contributed by atoms with Crippen LogP contribution in [0.2, 0.25) is 5.02 Å². The van der Waals surface area contributed by atoms with E-state index in [0.717, 1.165) is 13.1 Å². The van der Waals surface area contributed by atoms with Crippen LogP contribution in [0, 0.1) is 0 Å². The van der Waals surface area contributed by atoms with Gasteiger partial charge in [0.2, 0.25) is 5.91 Å². The van der Waals surface area contributed by atoms with Gasteiger partial charge in [-0.3, -0.25) is 9.69 Å². The number of halogens is 1. The van der Waals surface area contributed by atoms with Gasteiger partial charge >= 0.3 is 0 Å². The summed E-state index contributed by atoms with van der Waals surface area (Å²) in [4.78, 5) is 14.5. The molecule has 2 aromatic rings. The topological polar surface area (TPSA) is 41.6 Å². The SMILES string of the molecule is CCN(CCC(=O)Nc1cc(Cl)ccc1OC)Cc1ccccc1. The third kappa shape index (κ3) is 5.55. The van der Waals surface area contributed by atoms with Crippen molar-refractivity contribution in [2.45, 2.75) is 19.9 Å². The molecule has 0 spiro atoms. The van der Waals surface area contributed by atoms with Crippen molar-refractivity contribution in [2.75, 3.05) is 25.5 Å². The highest BCUT2D eigenvalue weighted by Crippen LogP contribution is 2.27. The van der Waals surface area contributed by atoms with Gasteiger partial charge in [-0.2, -0.15) is 0 Å². The standard InChI is InChI=1S/C19H23ClN2O2/c1-3-22(14-15-7-5-4-6-8-15)12-11-19(23)21-17-13-16(20)9-10-18(17)24-2/h4-10,13H,3,11-12,14H2,1-2H3,(H,21,23). The fourth-order valence-electron chi connectivity index (χ4n) is 2.44. The average Bonchev–Trinajstić information content (AvgIpc) is 2.59. The second kappa shape index (κ2) is 9.30. The summed E-state index contributed by atoms with van der Waals surface area (Å²) in [5.41, 5.74) is 1.84. The molecular weight excluding hydrogens is 324 g/mol. The van der Waals surface area contributed by atoms with E-state index in [4.69, 9.17) is 16.3 Å². The van der Waals surface area contributed by atoms with Gasteiger partial charge < -0.3 is 10.1 Å². The van der Waals surface area contributed by atoms with Crippen LogP contribution in [0.25, 0.3) is 0 Å². The number of carbonyl (C=O) groups is 1. The number of benzene rings is 2. The van der Waals surface area contributed by atoms with Crippen molar-refractivity contribution < 1.29 is 9.53 Å². The zero-order chi connectivity index (χ0) is 17.4. The van der Waals surface area contributed by atoms with E-state index in [1.807, 2.05) is 18.2 Å². The lowest BCUT2D eigenvalue weighted by Crippen LogP contribution is -2.27. The van der Waals surface area contributed by atoms with Gasteiger partial charge in [-0.1, -0.05) is 48.9 Å². The van der Waals surface area contributed by atoms with Gasteiger partial charge in [0.25, 0.3) is 0 Å². The molecule has 0 radical (unpaired) electrons. The largest absolute Gasteiger partial charge is 0.495 e. The lowest BCUT2D eigenvalue weighted by molar-refractivity contribution is -0.116. The first kappa shape index (κ1) is 18.3. The number of anilines is 1. The summed E-state index contributed by atoms with van der Waals surface area (Å²) in [6, 6.07) is 15.4. The summed E-state index contributed by atoms with van der Waals surface area (Å²) in [5.74, 6) is 0.548. The summed E-state index contributed by atoms with van der Waals surface area (Å²) in [6.07, 6.45) is 0.413. The molecule has 0 unspecified atom stereocenters. The Morgan fingerprint density at radius 2 is 1.96 bits per heavy atom. The second-order valence-corrected chi connectivity index (χ2v) is 5.93. The van der Waals surface area contributed by atoms with Crippen molar-refractivity contribution in [3.63, 3.8) is 0 Å². The van der Waals surface area contributed by atoms with Crippen LogP contribution >= 0.6 is 11.6 Å². The zero-order valence-electron chi connectivity index (χ0n) is 14.1. The minimum absolute atomic E-state index is 0.0536. The van der Waals surface area contributed by atoms with E-state index in [2.05, 4.69) is 29.3 Å². The molecular formula is C19H23ClN2O2. The highest BCUT2D eigenvalue weighted by atomic mass is 35.5. The molecule has 0 saturated heterocycles. The van der Waals surface area contributed by atoms with Gasteiger partial charge in [0.05, 0.1) is 12.8 Å². The predicted octanol–water partition coefficient (Wildman–Crippen LogP) is 4.20. The van der Waals surface area contributed by atoms with Gasteiger partial charge in [0.15, 0.2) is 0 Å². The van der Waals surface area contributed by atoms with Gasteiger partial charge in [-0.05, 0) is 30.3 Å². The quantitative estimate of drug-likeness (QED) is 0.778. The molecule has 0 aliphatic heterocycles. The molecule has 2 aromatic carbocycles. The first-order valence-corrected chi connectivity index (χ1v) is 8.40. The number of nitrogens with one attached hydrogen (secondary N) is 1. The first-order valence-electron chi connectivity index (χ1n) is 8.02. The van der Waals surface area contributed by atoms with E-state index in [9.17, 15) is 4.79 Å². The number of amides is 1. The van der Waals surface area contributed by atoms with Crippen molar-refractivity contribution in [1.82, 2.24) is 4.90 Å². The number of ether oxygens (including phenoxy) is 1. The molecule has 0 aliphatic rings. The summed E-state index contributed by atoms with van der Waals surface area (Å²) in [6.45, 7) is 4.52. The molecule has 128 valence electrons. The fraction of sp³-hybridized carbons (Fsp3) is 0.316. The molecule has 0 aromatic heterocycles. The van der Waals surface area contributed by atoms with Crippen LogP contribution in [0.1, 0.15) is 18.9 Å². The molecule has 4 nitrogen and oxygen atoms in total. The molecule has 0 heterocycles. The smallest absolute Gasteiger partial charge is 0.225 e. The molecule has 1 amide bonds. The van der Waals surface area contributed by atoms with Crippen LogP contribution in [0.3, 0.4) is 0 Å². The monoisotopic (exact) mass is 346 g/mol. The Morgan fingerprint density at radius 1 is 1.21 bits per heavy atom. The molecule has 5 heteroatoms. The predicted molar refractivity (Wildman–Crippen MR) is 98.6 cm³/mol. The van der Waals surface area contributed by atoms with E-state index < -0.39 is 0 Å². The van der Waals surface area contributed by atoms with E-state index in [-0.39, 0.29) is 5.91 Å². The van der Waals surface area contributed by atoms with Crippen molar-refractivity contribution >= 4 is 23.2 Å². The van der Waals surface area contributed by atoms with Crippen molar-refractivity contribution in [3.8, 4) is 5.75 Å². The Morgan fingerprint density at radius 3 is 2.62 bits per heavy atom. The minimum atomic E-state index is -0.0536. The molecule has 0 fully saturated rings. The Hall–Kier alpha value is -2.04. The lowest BCUT2D eigenvalue weighted by atomic mass is 10.2. The van der Waals surface area contributed by atoms with Gasteiger partial charge in [0, 0.05) is 24.5 Å². The second-order valence-electron chi connectivity index (χ2n) is 5.50.